The van der Waals surface area contributed by atoms with E-state index < -0.39 is 5.82 Å². The van der Waals surface area contributed by atoms with Gasteiger partial charge in [-0.05, 0) is 46.6 Å². The molecule has 1 aliphatic rings. The minimum atomic E-state index is -0.496. The van der Waals surface area contributed by atoms with Gasteiger partial charge < -0.3 is 9.47 Å². The number of ketones is 1. The lowest BCUT2D eigenvalue weighted by Gasteiger charge is -2.19. The predicted octanol–water partition coefficient (Wildman–Crippen LogP) is 3.90. The van der Waals surface area contributed by atoms with E-state index in [1.54, 1.807) is 31.2 Å². The van der Waals surface area contributed by atoms with Crippen molar-refractivity contribution < 1.29 is 18.7 Å². The molecule has 0 spiro atoms. The molecule has 2 aromatic carbocycles. The van der Waals surface area contributed by atoms with Crippen LogP contribution < -0.4 is 9.47 Å². The smallest absolute Gasteiger partial charge is 0.197 e. The Morgan fingerprint density at radius 3 is 2.52 bits per heavy atom. The monoisotopic (exact) mass is 350 g/mol. The molecule has 0 aromatic heterocycles. The van der Waals surface area contributed by atoms with Gasteiger partial charge in [-0.1, -0.05) is 12.1 Å². The lowest BCUT2D eigenvalue weighted by Crippen LogP contribution is -2.16. The van der Waals surface area contributed by atoms with Crippen LogP contribution in [0, 0.1) is 12.7 Å². The van der Waals surface area contributed by atoms with E-state index in [2.05, 4.69) is 15.9 Å². The van der Waals surface area contributed by atoms with Crippen LogP contribution >= 0.6 is 15.9 Å². The third-order valence-corrected chi connectivity index (χ3v) is 3.97. The summed E-state index contributed by atoms with van der Waals surface area (Å²) < 4.78 is 25.6. The number of fused-ring (bicyclic) bond motifs is 1. The van der Waals surface area contributed by atoms with Crippen molar-refractivity contribution in [3.8, 4) is 11.5 Å². The molecular formula is C16H12BrFO3. The molecular weight excluding hydrogens is 339 g/mol. The van der Waals surface area contributed by atoms with Crippen LogP contribution in [-0.4, -0.2) is 19.0 Å². The Bertz CT molecular complexity index is 728. The largest absolute Gasteiger partial charge is 0.486 e. The summed E-state index contributed by atoms with van der Waals surface area (Å²) in [7, 11) is 0. The fourth-order valence-electron chi connectivity index (χ4n) is 2.21. The first-order valence-electron chi connectivity index (χ1n) is 6.47. The van der Waals surface area contributed by atoms with Crippen molar-refractivity contribution in [2.24, 2.45) is 0 Å². The first-order valence-corrected chi connectivity index (χ1v) is 7.26. The second-order valence-electron chi connectivity index (χ2n) is 4.74. The van der Waals surface area contributed by atoms with Gasteiger partial charge in [0.1, 0.15) is 19.0 Å². The summed E-state index contributed by atoms with van der Waals surface area (Å²) in [6.07, 6.45) is 0. The summed E-state index contributed by atoms with van der Waals surface area (Å²) in [4.78, 5) is 12.6. The molecule has 0 saturated carbocycles. The minimum absolute atomic E-state index is 0.0485. The number of ether oxygens (including phenoxy) is 2. The number of hydrogen-bond donors (Lipinski definition) is 0. The highest BCUT2D eigenvalue weighted by atomic mass is 79.9. The minimum Gasteiger partial charge on any atom is -0.486 e. The summed E-state index contributed by atoms with van der Waals surface area (Å²) in [5.74, 6) is 0.194. The average molecular weight is 351 g/mol. The molecule has 0 atom stereocenters. The average Bonchev–Trinajstić information content (AvgIpc) is 2.48. The molecule has 5 heteroatoms. The van der Waals surface area contributed by atoms with Crippen LogP contribution in [0.5, 0.6) is 11.5 Å². The molecule has 0 unspecified atom stereocenters. The van der Waals surface area contributed by atoms with E-state index >= 15 is 0 Å². The van der Waals surface area contributed by atoms with Crippen molar-refractivity contribution in [1.29, 1.82) is 0 Å². The maximum Gasteiger partial charge on any atom is 0.197 e. The maximum atomic E-state index is 14.1. The van der Waals surface area contributed by atoms with Crippen LogP contribution in [-0.2, 0) is 0 Å². The zero-order valence-corrected chi connectivity index (χ0v) is 12.9. The van der Waals surface area contributed by atoms with E-state index in [4.69, 9.17) is 9.47 Å². The van der Waals surface area contributed by atoms with Crippen LogP contribution in [0.15, 0.2) is 34.8 Å². The van der Waals surface area contributed by atoms with Gasteiger partial charge in [0.2, 0.25) is 0 Å². The molecule has 0 radical (unpaired) electrons. The van der Waals surface area contributed by atoms with Crippen LogP contribution in [0.3, 0.4) is 0 Å². The number of rotatable bonds is 2. The molecule has 0 amide bonds. The van der Waals surface area contributed by atoms with E-state index in [0.29, 0.717) is 40.3 Å². The fraction of sp³-hybridized carbons (Fsp3) is 0.188. The van der Waals surface area contributed by atoms with Crippen LogP contribution in [0.4, 0.5) is 4.39 Å². The molecule has 0 N–H and O–H groups in total. The van der Waals surface area contributed by atoms with E-state index in [0.717, 1.165) is 0 Å². The van der Waals surface area contributed by atoms with Gasteiger partial charge in [-0.25, -0.2) is 4.39 Å². The van der Waals surface area contributed by atoms with Gasteiger partial charge in [0.05, 0.1) is 5.56 Å². The fourth-order valence-corrected chi connectivity index (χ4v) is 2.71. The summed E-state index contributed by atoms with van der Waals surface area (Å²) in [5, 5.41) is 0. The molecule has 1 heterocycles. The molecule has 0 bridgehead atoms. The predicted molar refractivity (Wildman–Crippen MR) is 79.7 cm³/mol. The molecule has 0 saturated heterocycles. The highest BCUT2D eigenvalue weighted by Gasteiger charge is 2.22. The first kappa shape index (κ1) is 14.1. The van der Waals surface area contributed by atoms with Gasteiger partial charge in [-0.3, -0.25) is 4.79 Å². The molecule has 0 fully saturated rings. The molecule has 21 heavy (non-hydrogen) atoms. The van der Waals surface area contributed by atoms with Gasteiger partial charge in [-0.2, -0.15) is 0 Å². The van der Waals surface area contributed by atoms with Crippen molar-refractivity contribution in [2.75, 3.05) is 13.2 Å². The second-order valence-corrected chi connectivity index (χ2v) is 5.60. The number of hydrogen-bond acceptors (Lipinski definition) is 3. The number of benzene rings is 2. The Morgan fingerprint density at radius 1 is 1.14 bits per heavy atom. The summed E-state index contributed by atoms with van der Waals surface area (Å²) in [6, 6.07) is 8.04. The van der Waals surface area contributed by atoms with Gasteiger partial charge in [0.15, 0.2) is 17.3 Å². The van der Waals surface area contributed by atoms with Crippen molar-refractivity contribution in [3.63, 3.8) is 0 Å². The third kappa shape index (κ3) is 2.53. The SMILES string of the molecule is Cc1cccc(C(=O)c2cc3c(cc2Br)OCCO3)c1F. The van der Waals surface area contributed by atoms with E-state index in [1.165, 1.54) is 6.07 Å². The first-order chi connectivity index (χ1) is 10.1. The zero-order chi connectivity index (χ0) is 15.0. The van der Waals surface area contributed by atoms with Crippen molar-refractivity contribution in [1.82, 2.24) is 0 Å². The molecule has 3 nitrogen and oxygen atoms in total. The maximum absolute atomic E-state index is 14.1. The zero-order valence-electron chi connectivity index (χ0n) is 11.3. The van der Waals surface area contributed by atoms with Gasteiger partial charge in [-0.15, -0.1) is 0 Å². The number of halogens is 2. The summed E-state index contributed by atoms with van der Waals surface area (Å²) >= 11 is 3.34. The van der Waals surface area contributed by atoms with Crippen LogP contribution in [0.2, 0.25) is 0 Å². The molecule has 1 aliphatic heterocycles. The quantitative estimate of drug-likeness (QED) is 0.770. The van der Waals surface area contributed by atoms with Crippen LogP contribution in [0.25, 0.3) is 0 Å². The topological polar surface area (TPSA) is 35.5 Å². The highest BCUT2D eigenvalue weighted by Crippen LogP contribution is 2.36. The van der Waals surface area contributed by atoms with Crippen molar-refractivity contribution in [2.45, 2.75) is 6.92 Å². The van der Waals surface area contributed by atoms with E-state index in [1.807, 2.05) is 0 Å². The van der Waals surface area contributed by atoms with Gasteiger partial charge in [0, 0.05) is 10.0 Å². The number of carbonyl (C=O) groups is 1. The molecule has 3 rings (SSSR count). The standard InChI is InChI=1S/C16H12BrFO3/c1-9-3-2-4-10(15(9)18)16(19)11-7-13-14(8-12(11)17)21-6-5-20-13/h2-4,7-8H,5-6H2,1H3. The molecule has 108 valence electrons. The van der Waals surface area contributed by atoms with Crippen molar-refractivity contribution >= 4 is 21.7 Å². The number of aryl methyl sites for hydroxylation is 1. The van der Waals surface area contributed by atoms with Gasteiger partial charge in [0.25, 0.3) is 0 Å². The Labute approximate surface area is 129 Å². The van der Waals surface area contributed by atoms with E-state index in [9.17, 15) is 9.18 Å². The van der Waals surface area contributed by atoms with Crippen molar-refractivity contribution in [3.05, 3.63) is 57.3 Å². The summed E-state index contributed by atoms with van der Waals surface area (Å²) in [6.45, 7) is 2.53. The normalized spacial score (nSPS) is 13.1. The summed E-state index contributed by atoms with van der Waals surface area (Å²) in [5.41, 5.74) is 0.839. The molecule has 0 aliphatic carbocycles. The van der Waals surface area contributed by atoms with Crippen LogP contribution in [0.1, 0.15) is 21.5 Å². The Balaban J connectivity index is 2.07. The second kappa shape index (κ2) is 5.48. The molecule has 2 aromatic rings. The highest BCUT2D eigenvalue weighted by molar-refractivity contribution is 9.10. The number of carbonyl (C=O) groups excluding carboxylic acids is 1. The Morgan fingerprint density at radius 2 is 1.81 bits per heavy atom. The Kier molecular flexibility index (Phi) is 3.68. The third-order valence-electron chi connectivity index (χ3n) is 3.31. The van der Waals surface area contributed by atoms with E-state index in [-0.39, 0.29) is 11.3 Å². The lowest BCUT2D eigenvalue weighted by atomic mass is 10.0. The lowest BCUT2D eigenvalue weighted by molar-refractivity contribution is 0.103. The van der Waals surface area contributed by atoms with Gasteiger partial charge >= 0.3 is 0 Å². The Hall–Kier alpha value is -1.88.